The van der Waals surface area contributed by atoms with Crippen LogP contribution in [0.25, 0.3) is 0 Å². The first kappa shape index (κ1) is 12.7. The fourth-order valence-electron chi connectivity index (χ4n) is 1.75. The van der Waals surface area contributed by atoms with Crippen molar-refractivity contribution >= 4 is 17.5 Å². The predicted octanol–water partition coefficient (Wildman–Crippen LogP) is 3.29. The normalized spacial score (nSPS) is 12.1. The maximum atomic E-state index is 11.9. The first-order valence-corrected chi connectivity index (χ1v) is 6.10. The third kappa shape index (κ3) is 3.37. The molecule has 0 aliphatic carbocycles. The van der Waals surface area contributed by atoms with Gasteiger partial charge in [-0.1, -0.05) is 17.7 Å². The Labute approximate surface area is 111 Å². The highest BCUT2D eigenvalue weighted by atomic mass is 35.5. The van der Waals surface area contributed by atoms with Crippen molar-refractivity contribution in [3.05, 3.63) is 59.0 Å². The van der Waals surface area contributed by atoms with Crippen LogP contribution >= 0.6 is 11.6 Å². The van der Waals surface area contributed by atoms with Gasteiger partial charge in [-0.3, -0.25) is 4.79 Å². The monoisotopic (exact) mass is 263 g/mol. The number of halogens is 1. The molecule has 2 rings (SSSR count). The van der Waals surface area contributed by atoms with Gasteiger partial charge in [-0.15, -0.1) is 0 Å². The number of hydrogen-bond acceptors (Lipinski definition) is 2. The van der Waals surface area contributed by atoms with Gasteiger partial charge in [0.15, 0.2) is 0 Å². The van der Waals surface area contributed by atoms with Crippen molar-refractivity contribution < 1.29 is 9.21 Å². The van der Waals surface area contributed by atoms with Gasteiger partial charge >= 0.3 is 0 Å². The van der Waals surface area contributed by atoms with Crippen LogP contribution in [0.2, 0.25) is 5.02 Å². The maximum absolute atomic E-state index is 11.9. The molecule has 0 spiro atoms. The molecule has 1 amide bonds. The van der Waals surface area contributed by atoms with E-state index in [0.717, 1.165) is 12.0 Å². The van der Waals surface area contributed by atoms with Crippen LogP contribution in [0.15, 0.2) is 47.3 Å². The van der Waals surface area contributed by atoms with Crippen LogP contribution < -0.4 is 5.32 Å². The van der Waals surface area contributed by atoms with Crippen LogP contribution in [0.4, 0.5) is 0 Å². The number of benzene rings is 1. The molecule has 18 heavy (non-hydrogen) atoms. The molecule has 0 radical (unpaired) electrons. The smallest absolute Gasteiger partial charge is 0.251 e. The Morgan fingerprint density at radius 1 is 1.44 bits per heavy atom. The van der Waals surface area contributed by atoms with Gasteiger partial charge in [-0.05, 0) is 43.2 Å². The summed E-state index contributed by atoms with van der Waals surface area (Å²) >= 11 is 5.85. The quantitative estimate of drug-likeness (QED) is 0.920. The van der Waals surface area contributed by atoms with Crippen molar-refractivity contribution in [2.45, 2.75) is 19.4 Å². The Kier molecular flexibility index (Phi) is 4.05. The minimum Gasteiger partial charge on any atom is -0.472 e. The molecule has 0 fully saturated rings. The lowest BCUT2D eigenvalue weighted by Gasteiger charge is -2.12. The summed E-state index contributed by atoms with van der Waals surface area (Å²) in [6, 6.07) is 8.83. The van der Waals surface area contributed by atoms with Crippen LogP contribution in [0.1, 0.15) is 22.8 Å². The van der Waals surface area contributed by atoms with E-state index in [0.29, 0.717) is 10.6 Å². The molecule has 4 heteroatoms. The number of hydrogen-bond donors (Lipinski definition) is 1. The highest BCUT2D eigenvalue weighted by molar-refractivity contribution is 6.30. The first-order valence-electron chi connectivity index (χ1n) is 5.72. The molecular weight excluding hydrogens is 250 g/mol. The maximum Gasteiger partial charge on any atom is 0.251 e. The second-order valence-corrected chi connectivity index (χ2v) is 4.66. The van der Waals surface area contributed by atoms with Crippen molar-refractivity contribution in [2.75, 3.05) is 0 Å². The van der Waals surface area contributed by atoms with Crippen molar-refractivity contribution in [2.24, 2.45) is 0 Å². The topological polar surface area (TPSA) is 42.2 Å². The molecule has 3 nitrogen and oxygen atoms in total. The average molecular weight is 264 g/mol. The molecule has 0 aliphatic rings. The van der Waals surface area contributed by atoms with Crippen molar-refractivity contribution in [3.63, 3.8) is 0 Å². The highest BCUT2D eigenvalue weighted by Crippen LogP contribution is 2.11. The van der Waals surface area contributed by atoms with Gasteiger partial charge < -0.3 is 9.73 Å². The van der Waals surface area contributed by atoms with E-state index in [2.05, 4.69) is 5.32 Å². The van der Waals surface area contributed by atoms with E-state index >= 15 is 0 Å². The molecule has 1 aromatic heterocycles. The second kappa shape index (κ2) is 5.74. The molecule has 0 bridgehead atoms. The summed E-state index contributed by atoms with van der Waals surface area (Å²) in [5.41, 5.74) is 1.63. The van der Waals surface area contributed by atoms with Gasteiger partial charge in [-0.2, -0.15) is 0 Å². The molecule has 2 aromatic rings. The third-order valence-corrected chi connectivity index (χ3v) is 2.82. The second-order valence-electron chi connectivity index (χ2n) is 4.22. The summed E-state index contributed by atoms with van der Waals surface area (Å²) in [5.74, 6) is -0.117. The zero-order chi connectivity index (χ0) is 13.0. The fourth-order valence-corrected chi connectivity index (χ4v) is 1.94. The van der Waals surface area contributed by atoms with E-state index in [9.17, 15) is 4.79 Å². The standard InChI is InChI=1S/C14H14ClNO2/c1-10(7-11-5-6-18-9-11)16-14(17)12-3-2-4-13(15)8-12/h2-6,8-10H,7H2,1H3,(H,16,17)/t10-/m0/s1. The average Bonchev–Trinajstić information content (AvgIpc) is 2.81. The van der Waals surface area contributed by atoms with Crippen LogP contribution in [-0.2, 0) is 6.42 Å². The van der Waals surface area contributed by atoms with Crippen LogP contribution in [0, 0.1) is 0 Å². The third-order valence-electron chi connectivity index (χ3n) is 2.59. The Bertz CT molecular complexity index is 522. The number of amides is 1. The van der Waals surface area contributed by atoms with Gasteiger partial charge in [0.05, 0.1) is 12.5 Å². The lowest BCUT2D eigenvalue weighted by Crippen LogP contribution is -2.33. The molecule has 1 atom stereocenters. The summed E-state index contributed by atoms with van der Waals surface area (Å²) in [5, 5.41) is 3.48. The molecule has 94 valence electrons. The molecule has 1 heterocycles. The zero-order valence-electron chi connectivity index (χ0n) is 10.0. The minimum absolute atomic E-state index is 0.0362. The molecular formula is C14H14ClNO2. The molecule has 0 saturated carbocycles. The number of rotatable bonds is 4. The molecule has 0 unspecified atom stereocenters. The van der Waals surface area contributed by atoms with Gasteiger partial charge in [0.2, 0.25) is 0 Å². The SMILES string of the molecule is C[C@@H](Cc1ccoc1)NC(=O)c1cccc(Cl)c1. The first-order chi connectivity index (χ1) is 8.65. The van der Waals surface area contributed by atoms with Crippen molar-refractivity contribution in [3.8, 4) is 0 Å². The predicted molar refractivity (Wildman–Crippen MR) is 70.8 cm³/mol. The number of furan rings is 1. The summed E-state index contributed by atoms with van der Waals surface area (Å²) in [6.07, 6.45) is 4.05. The largest absolute Gasteiger partial charge is 0.472 e. The summed E-state index contributed by atoms with van der Waals surface area (Å²) in [6.45, 7) is 1.95. The van der Waals surface area contributed by atoms with Crippen molar-refractivity contribution in [1.82, 2.24) is 5.32 Å². The Balaban J connectivity index is 1.95. The lowest BCUT2D eigenvalue weighted by molar-refractivity contribution is 0.0940. The van der Waals surface area contributed by atoms with E-state index in [1.807, 2.05) is 13.0 Å². The molecule has 0 aliphatic heterocycles. The Hall–Kier alpha value is -1.74. The lowest BCUT2D eigenvalue weighted by atomic mass is 10.1. The van der Waals surface area contributed by atoms with E-state index in [4.69, 9.17) is 16.0 Å². The Morgan fingerprint density at radius 3 is 2.94 bits per heavy atom. The van der Waals surface area contributed by atoms with Crippen LogP contribution in [-0.4, -0.2) is 11.9 Å². The highest BCUT2D eigenvalue weighted by Gasteiger charge is 2.10. The number of carbonyl (C=O) groups is 1. The van der Waals surface area contributed by atoms with E-state index < -0.39 is 0 Å². The fraction of sp³-hybridized carbons (Fsp3) is 0.214. The van der Waals surface area contributed by atoms with Gasteiger partial charge in [0.1, 0.15) is 0 Å². The van der Waals surface area contributed by atoms with Crippen molar-refractivity contribution in [1.29, 1.82) is 0 Å². The van der Waals surface area contributed by atoms with Crippen LogP contribution in [0.5, 0.6) is 0 Å². The van der Waals surface area contributed by atoms with Gasteiger partial charge in [0, 0.05) is 16.6 Å². The van der Waals surface area contributed by atoms with Gasteiger partial charge in [-0.25, -0.2) is 0 Å². The molecule has 1 N–H and O–H groups in total. The van der Waals surface area contributed by atoms with Crippen LogP contribution in [0.3, 0.4) is 0 Å². The summed E-state index contributed by atoms with van der Waals surface area (Å²) in [7, 11) is 0. The Morgan fingerprint density at radius 2 is 2.28 bits per heavy atom. The number of nitrogens with one attached hydrogen (secondary N) is 1. The van der Waals surface area contributed by atoms with E-state index in [1.54, 1.807) is 36.8 Å². The molecule has 1 aromatic carbocycles. The zero-order valence-corrected chi connectivity index (χ0v) is 10.8. The molecule has 0 saturated heterocycles. The number of carbonyl (C=O) groups excluding carboxylic acids is 1. The van der Waals surface area contributed by atoms with E-state index in [1.165, 1.54) is 0 Å². The summed E-state index contributed by atoms with van der Waals surface area (Å²) in [4.78, 5) is 11.9. The van der Waals surface area contributed by atoms with E-state index in [-0.39, 0.29) is 11.9 Å². The summed E-state index contributed by atoms with van der Waals surface area (Å²) < 4.78 is 4.99. The van der Waals surface area contributed by atoms with Gasteiger partial charge in [0.25, 0.3) is 5.91 Å². The minimum atomic E-state index is -0.117.